The molecule has 0 bridgehead atoms. The minimum Gasteiger partial charge on any atom is -0.315 e. The van der Waals surface area contributed by atoms with Crippen LogP contribution in [-0.2, 0) is 25.4 Å². The van der Waals surface area contributed by atoms with E-state index in [4.69, 9.17) is 0 Å². The lowest BCUT2D eigenvalue weighted by Crippen LogP contribution is -2.38. The summed E-state index contributed by atoms with van der Waals surface area (Å²) < 4.78 is 16.5. The minimum absolute atomic E-state index is 0.147. The van der Waals surface area contributed by atoms with Gasteiger partial charge in [0, 0.05) is 14.1 Å². The number of hydrogen-bond donors (Lipinski definition) is 1. The van der Waals surface area contributed by atoms with Gasteiger partial charge >= 0.3 is 5.69 Å². The van der Waals surface area contributed by atoms with Crippen molar-refractivity contribution >= 4 is 22.8 Å². The van der Waals surface area contributed by atoms with E-state index in [2.05, 4.69) is 15.5 Å². The van der Waals surface area contributed by atoms with Crippen molar-refractivity contribution in [3.05, 3.63) is 62.8 Å². The van der Waals surface area contributed by atoms with Gasteiger partial charge in [-0.05, 0) is 24.6 Å². The fourth-order valence-corrected chi connectivity index (χ4v) is 2.61. The number of aryl methyl sites for hydroxylation is 1. The van der Waals surface area contributed by atoms with Crippen LogP contribution in [0.3, 0.4) is 0 Å². The molecular weight excluding hydrogens is 355 g/mol. The molecule has 140 valence electrons. The van der Waals surface area contributed by atoms with Gasteiger partial charge in [0.25, 0.3) is 11.5 Å². The largest absolute Gasteiger partial charge is 0.332 e. The molecule has 1 aromatic carbocycles. The van der Waals surface area contributed by atoms with Crippen LogP contribution in [0.1, 0.15) is 12.5 Å². The van der Waals surface area contributed by atoms with Gasteiger partial charge in [-0.15, -0.1) is 0 Å². The van der Waals surface area contributed by atoms with Gasteiger partial charge in [0.05, 0.1) is 12.0 Å². The number of halogens is 1. The van der Waals surface area contributed by atoms with E-state index in [0.717, 1.165) is 4.57 Å². The highest BCUT2D eigenvalue weighted by molar-refractivity contribution is 5.99. The molecule has 0 aliphatic rings. The van der Waals surface area contributed by atoms with Gasteiger partial charge in [0.15, 0.2) is 11.2 Å². The molecule has 1 N–H and O–H groups in total. The number of benzene rings is 1. The Hall–Kier alpha value is -3.56. The van der Waals surface area contributed by atoms with Crippen molar-refractivity contribution < 1.29 is 9.18 Å². The van der Waals surface area contributed by atoms with E-state index in [-0.39, 0.29) is 23.5 Å². The van der Waals surface area contributed by atoms with Gasteiger partial charge in [-0.1, -0.05) is 12.1 Å². The number of nitrogens with one attached hydrogen (secondary N) is 1. The monoisotopic (exact) mass is 372 g/mol. The van der Waals surface area contributed by atoms with Crippen LogP contribution in [0.25, 0.3) is 11.2 Å². The molecule has 3 rings (SSSR count). The highest BCUT2D eigenvalue weighted by Crippen LogP contribution is 2.06. The molecule has 0 saturated carbocycles. The first-order valence-corrected chi connectivity index (χ1v) is 7.99. The first kappa shape index (κ1) is 18.2. The number of rotatable bonds is 4. The van der Waals surface area contributed by atoms with Crippen LogP contribution in [0.15, 0.2) is 45.3 Å². The maximum Gasteiger partial charge on any atom is 0.332 e. The number of hydrogen-bond acceptors (Lipinski definition) is 5. The predicted molar refractivity (Wildman–Crippen MR) is 97.0 cm³/mol. The number of aromatic nitrogens is 4. The van der Waals surface area contributed by atoms with Crippen LogP contribution in [0.4, 0.5) is 4.39 Å². The Balaban J connectivity index is 1.83. The van der Waals surface area contributed by atoms with Crippen LogP contribution < -0.4 is 16.7 Å². The molecule has 0 unspecified atom stereocenters. The molecule has 1 amide bonds. The summed E-state index contributed by atoms with van der Waals surface area (Å²) in [6.07, 6.45) is 1.32. The minimum atomic E-state index is -0.538. The summed E-state index contributed by atoms with van der Waals surface area (Å²) in [6.45, 7) is 1.47. The number of hydrazone groups is 1. The van der Waals surface area contributed by atoms with Crippen molar-refractivity contribution in [2.24, 2.45) is 19.2 Å². The second-order valence-corrected chi connectivity index (χ2v) is 5.99. The molecule has 0 aliphatic heterocycles. The third kappa shape index (κ3) is 3.41. The molecule has 0 fully saturated rings. The number of amides is 1. The molecular formula is C17H17FN6O3. The smallest absolute Gasteiger partial charge is 0.315 e. The van der Waals surface area contributed by atoms with E-state index < -0.39 is 17.2 Å². The van der Waals surface area contributed by atoms with E-state index in [9.17, 15) is 18.8 Å². The first-order valence-electron chi connectivity index (χ1n) is 7.99. The molecule has 0 saturated heterocycles. The predicted octanol–water partition coefficient (Wildman–Crippen LogP) is 0.113. The van der Waals surface area contributed by atoms with E-state index >= 15 is 0 Å². The van der Waals surface area contributed by atoms with Gasteiger partial charge in [-0.3, -0.25) is 18.7 Å². The van der Waals surface area contributed by atoms with Crippen molar-refractivity contribution in [1.82, 2.24) is 24.1 Å². The van der Waals surface area contributed by atoms with E-state index in [1.54, 1.807) is 19.1 Å². The Morgan fingerprint density at radius 3 is 2.52 bits per heavy atom. The summed E-state index contributed by atoms with van der Waals surface area (Å²) >= 11 is 0. The van der Waals surface area contributed by atoms with E-state index in [1.807, 2.05) is 0 Å². The number of carbonyl (C=O) groups excluding carboxylic acids is 1. The third-order valence-corrected chi connectivity index (χ3v) is 4.14. The van der Waals surface area contributed by atoms with Crippen molar-refractivity contribution in [2.75, 3.05) is 0 Å². The standard InChI is InChI=1S/C17H17FN6O3/c1-10(11-4-6-12(18)7-5-11)20-21-13(25)8-24-9-19-15-14(24)16(26)23(3)17(27)22(15)2/h4-7,9H,8H2,1-3H3,(H,21,25). The van der Waals surface area contributed by atoms with Crippen LogP contribution in [0.2, 0.25) is 0 Å². The molecule has 2 aromatic heterocycles. The lowest BCUT2D eigenvalue weighted by Gasteiger charge is -2.06. The Kier molecular flexibility index (Phi) is 4.72. The number of imidazole rings is 1. The van der Waals surface area contributed by atoms with Gasteiger partial charge in [-0.2, -0.15) is 5.10 Å². The first-order chi connectivity index (χ1) is 12.8. The Morgan fingerprint density at radius 1 is 1.19 bits per heavy atom. The zero-order valence-corrected chi connectivity index (χ0v) is 14.9. The van der Waals surface area contributed by atoms with Crippen LogP contribution in [-0.4, -0.2) is 30.3 Å². The Morgan fingerprint density at radius 2 is 1.85 bits per heavy atom. The summed E-state index contributed by atoms with van der Waals surface area (Å²) in [4.78, 5) is 40.5. The summed E-state index contributed by atoms with van der Waals surface area (Å²) in [5.74, 6) is -0.842. The molecule has 3 aromatic rings. The van der Waals surface area contributed by atoms with Crippen molar-refractivity contribution in [1.29, 1.82) is 0 Å². The van der Waals surface area contributed by atoms with Gasteiger partial charge in [-0.25, -0.2) is 19.6 Å². The van der Waals surface area contributed by atoms with Crippen LogP contribution >= 0.6 is 0 Å². The van der Waals surface area contributed by atoms with Gasteiger partial charge in [0.2, 0.25) is 0 Å². The highest BCUT2D eigenvalue weighted by Gasteiger charge is 2.15. The van der Waals surface area contributed by atoms with Crippen molar-refractivity contribution in [2.45, 2.75) is 13.5 Å². The SMILES string of the molecule is CC(=NNC(=O)Cn1cnc2c1c(=O)n(C)c(=O)n2C)c1ccc(F)cc1. The fourth-order valence-electron chi connectivity index (χ4n) is 2.61. The molecule has 9 nitrogen and oxygen atoms in total. The molecule has 0 aliphatic carbocycles. The van der Waals surface area contributed by atoms with Gasteiger partial charge in [0.1, 0.15) is 12.4 Å². The van der Waals surface area contributed by atoms with Gasteiger partial charge < -0.3 is 4.57 Å². The number of nitrogens with zero attached hydrogens (tertiary/aromatic N) is 5. The lowest BCUT2D eigenvalue weighted by molar-refractivity contribution is -0.121. The molecule has 0 atom stereocenters. The summed E-state index contributed by atoms with van der Waals surface area (Å²) in [5.41, 5.74) is 2.85. The highest BCUT2D eigenvalue weighted by atomic mass is 19.1. The fraction of sp³-hybridized carbons (Fsp3) is 0.235. The van der Waals surface area contributed by atoms with Crippen LogP contribution in [0.5, 0.6) is 0 Å². The summed E-state index contributed by atoms with van der Waals surface area (Å²) in [7, 11) is 2.86. The normalized spacial score (nSPS) is 11.8. The molecule has 2 heterocycles. The summed E-state index contributed by atoms with van der Waals surface area (Å²) in [6, 6.07) is 5.70. The third-order valence-electron chi connectivity index (χ3n) is 4.14. The molecule has 10 heteroatoms. The quantitative estimate of drug-likeness (QED) is 0.519. The molecule has 0 spiro atoms. The average Bonchev–Trinajstić information content (AvgIpc) is 3.07. The summed E-state index contributed by atoms with van der Waals surface area (Å²) in [5, 5.41) is 3.98. The van der Waals surface area contributed by atoms with E-state index in [0.29, 0.717) is 11.3 Å². The number of fused-ring (bicyclic) bond motifs is 1. The topological polar surface area (TPSA) is 103 Å². The molecule has 0 radical (unpaired) electrons. The second-order valence-electron chi connectivity index (χ2n) is 5.99. The number of carbonyl (C=O) groups is 1. The van der Waals surface area contributed by atoms with Crippen molar-refractivity contribution in [3.8, 4) is 0 Å². The Labute approximate surface area is 152 Å². The molecule has 27 heavy (non-hydrogen) atoms. The zero-order chi connectivity index (χ0) is 19.7. The van der Waals surface area contributed by atoms with Crippen molar-refractivity contribution in [3.63, 3.8) is 0 Å². The van der Waals surface area contributed by atoms with E-state index in [1.165, 1.54) is 41.7 Å². The average molecular weight is 372 g/mol. The Bertz CT molecular complexity index is 1170. The van der Waals surface area contributed by atoms with Crippen LogP contribution in [0, 0.1) is 5.82 Å². The maximum absolute atomic E-state index is 13.0. The lowest BCUT2D eigenvalue weighted by atomic mass is 10.1. The zero-order valence-electron chi connectivity index (χ0n) is 14.9. The maximum atomic E-state index is 13.0. The second kappa shape index (κ2) is 6.98.